The molecule has 2 amide bonds. The van der Waals surface area contributed by atoms with Crippen molar-refractivity contribution in [1.82, 2.24) is 9.88 Å². The molecule has 1 aromatic carbocycles. The van der Waals surface area contributed by atoms with Gasteiger partial charge in [0, 0.05) is 30.9 Å². The summed E-state index contributed by atoms with van der Waals surface area (Å²) in [6.07, 6.45) is 6.42. The highest BCUT2D eigenvalue weighted by Gasteiger charge is 2.08. The molecule has 21 heavy (non-hydrogen) atoms. The number of anilines is 1. The number of aromatic nitrogens is 1. The molecule has 4 nitrogen and oxygen atoms in total. The fourth-order valence-corrected chi connectivity index (χ4v) is 2.24. The zero-order chi connectivity index (χ0) is 15.1. The van der Waals surface area contributed by atoms with Gasteiger partial charge in [0.15, 0.2) is 0 Å². The van der Waals surface area contributed by atoms with Crippen molar-refractivity contribution in [3.05, 3.63) is 36.5 Å². The minimum Gasteiger partial charge on any atom is -0.328 e. The summed E-state index contributed by atoms with van der Waals surface area (Å²) in [6, 6.07) is 9.63. The molecule has 0 bridgehead atoms. The van der Waals surface area contributed by atoms with E-state index < -0.39 is 0 Å². The van der Waals surface area contributed by atoms with Crippen LogP contribution in [-0.2, 0) is 0 Å². The van der Waals surface area contributed by atoms with Crippen molar-refractivity contribution in [2.75, 3.05) is 18.9 Å². The molecule has 1 heterocycles. The van der Waals surface area contributed by atoms with Crippen molar-refractivity contribution < 1.29 is 4.79 Å². The molecule has 0 fully saturated rings. The minimum atomic E-state index is -0.0678. The SMILES string of the molecule is CCCCCCN(C)C(=O)Nc1ccc2cccnc2c1. The van der Waals surface area contributed by atoms with Gasteiger partial charge in [0.05, 0.1) is 5.52 Å². The highest BCUT2D eigenvalue weighted by molar-refractivity contribution is 5.92. The van der Waals surface area contributed by atoms with Gasteiger partial charge in [-0.3, -0.25) is 4.98 Å². The smallest absolute Gasteiger partial charge is 0.321 e. The van der Waals surface area contributed by atoms with Gasteiger partial charge in [-0.05, 0) is 24.6 Å². The molecular weight excluding hydrogens is 262 g/mol. The molecule has 0 radical (unpaired) electrons. The first-order chi connectivity index (χ1) is 10.2. The Hall–Kier alpha value is -2.10. The van der Waals surface area contributed by atoms with Crippen LogP contribution in [-0.4, -0.2) is 29.5 Å². The molecule has 0 saturated carbocycles. The van der Waals surface area contributed by atoms with Crippen molar-refractivity contribution >= 4 is 22.6 Å². The van der Waals surface area contributed by atoms with Crippen LogP contribution >= 0.6 is 0 Å². The molecule has 0 aliphatic carbocycles. The zero-order valence-corrected chi connectivity index (χ0v) is 12.8. The van der Waals surface area contributed by atoms with Crippen molar-refractivity contribution in [3.8, 4) is 0 Å². The number of carbonyl (C=O) groups is 1. The molecule has 0 saturated heterocycles. The predicted molar refractivity (Wildman–Crippen MR) is 87.5 cm³/mol. The molecule has 2 aromatic rings. The van der Waals surface area contributed by atoms with E-state index in [4.69, 9.17) is 0 Å². The first-order valence-electron chi connectivity index (χ1n) is 7.57. The Labute approximate surface area is 126 Å². The van der Waals surface area contributed by atoms with E-state index in [0.717, 1.165) is 29.6 Å². The normalized spacial score (nSPS) is 10.6. The maximum atomic E-state index is 12.1. The average molecular weight is 285 g/mol. The molecule has 0 unspecified atom stereocenters. The van der Waals surface area contributed by atoms with E-state index in [0.29, 0.717) is 0 Å². The zero-order valence-electron chi connectivity index (χ0n) is 12.8. The third-order valence-corrected chi connectivity index (χ3v) is 3.55. The van der Waals surface area contributed by atoms with Crippen LogP contribution in [0.2, 0.25) is 0 Å². The number of fused-ring (bicyclic) bond motifs is 1. The fourth-order valence-electron chi connectivity index (χ4n) is 2.24. The summed E-state index contributed by atoms with van der Waals surface area (Å²) in [4.78, 5) is 18.1. The van der Waals surface area contributed by atoms with Gasteiger partial charge in [0.1, 0.15) is 0 Å². The van der Waals surface area contributed by atoms with Gasteiger partial charge in [0.25, 0.3) is 0 Å². The second kappa shape index (κ2) is 7.62. The van der Waals surface area contributed by atoms with Crippen LogP contribution in [0.1, 0.15) is 32.6 Å². The van der Waals surface area contributed by atoms with Gasteiger partial charge < -0.3 is 10.2 Å². The minimum absolute atomic E-state index is 0.0678. The summed E-state index contributed by atoms with van der Waals surface area (Å²) in [5, 5.41) is 3.99. The van der Waals surface area contributed by atoms with Gasteiger partial charge in [-0.2, -0.15) is 0 Å². The molecule has 0 spiro atoms. The van der Waals surface area contributed by atoms with Crippen molar-refractivity contribution in [2.24, 2.45) is 0 Å². The standard InChI is InChI=1S/C17H23N3O/c1-3-4-5-6-12-20(2)17(21)19-15-10-9-14-8-7-11-18-16(14)13-15/h7-11,13H,3-6,12H2,1-2H3,(H,19,21). The van der Waals surface area contributed by atoms with Crippen molar-refractivity contribution in [3.63, 3.8) is 0 Å². The lowest BCUT2D eigenvalue weighted by molar-refractivity contribution is 0.221. The topological polar surface area (TPSA) is 45.2 Å². The van der Waals surface area contributed by atoms with Crippen molar-refractivity contribution in [1.29, 1.82) is 0 Å². The van der Waals surface area contributed by atoms with Gasteiger partial charge in [0.2, 0.25) is 0 Å². The number of nitrogens with one attached hydrogen (secondary N) is 1. The van der Waals surface area contributed by atoms with Crippen LogP contribution in [0.4, 0.5) is 10.5 Å². The average Bonchev–Trinajstić information content (AvgIpc) is 2.51. The third kappa shape index (κ3) is 4.45. The Bertz CT molecular complexity index is 597. The lowest BCUT2D eigenvalue weighted by Gasteiger charge is -2.18. The lowest BCUT2D eigenvalue weighted by Crippen LogP contribution is -2.32. The molecule has 0 atom stereocenters. The second-order valence-corrected chi connectivity index (χ2v) is 5.32. The van der Waals surface area contributed by atoms with Crippen LogP contribution in [0.3, 0.4) is 0 Å². The van der Waals surface area contributed by atoms with Crippen LogP contribution in [0.15, 0.2) is 36.5 Å². The molecule has 4 heteroatoms. The highest BCUT2D eigenvalue weighted by atomic mass is 16.2. The molecule has 1 aromatic heterocycles. The van der Waals surface area contributed by atoms with Gasteiger partial charge >= 0.3 is 6.03 Å². The Morgan fingerprint density at radius 2 is 2.10 bits per heavy atom. The van der Waals surface area contributed by atoms with Gasteiger partial charge in [-0.1, -0.05) is 38.3 Å². The van der Waals surface area contributed by atoms with E-state index in [1.165, 1.54) is 19.3 Å². The lowest BCUT2D eigenvalue weighted by atomic mass is 10.2. The first-order valence-corrected chi connectivity index (χ1v) is 7.57. The van der Waals surface area contributed by atoms with Crippen LogP contribution in [0.5, 0.6) is 0 Å². The van der Waals surface area contributed by atoms with Crippen molar-refractivity contribution in [2.45, 2.75) is 32.6 Å². The first kappa shape index (κ1) is 15.3. The Kier molecular flexibility index (Phi) is 5.55. The number of carbonyl (C=O) groups excluding carboxylic acids is 1. The number of rotatable bonds is 6. The Balaban J connectivity index is 1.91. The number of pyridine rings is 1. The van der Waals surface area contributed by atoms with E-state index in [9.17, 15) is 4.79 Å². The maximum absolute atomic E-state index is 12.1. The Morgan fingerprint density at radius 3 is 2.90 bits per heavy atom. The predicted octanol–water partition coefficient (Wildman–Crippen LogP) is 4.28. The quantitative estimate of drug-likeness (QED) is 0.805. The number of nitrogens with zero attached hydrogens (tertiary/aromatic N) is 2. The van der Waals surface area contributed by atoms with E-state index in [-0.39, 0.29) is 6.03 Å². The number of hydrogen-bond acceptors (Lipinski definition) is 2. The van der Waals surface area contributed by atoms with E-state index in [1.54, 1.807) is 11.1 Å². The number of amides is 2. The number of urea groups is 1. The summed E-state index contributed by atoms with van der Waals surface area (Å²) >= 11 is 0. The summed E-state index contributed by atoms with van der Waals surface area (Å²) in [5.74, 6) is 0. The molecule has 112 valence electrons. The molecule has 0 aliphatic rings. The van der Waals surface area contributed by atoms with Crippen LogP contribution in [0, 0.1) is 0 Å². The molecule has 0 aliphatic heterocycles. The largest absolute Gasteiger partial charge is 0.328 e. The highest BCUT2D eigenvalue weighted by Crippen LogP contribution is 2.17. The van der Waals surface area contributed by atoms with Crippen LogP contribution < -0.4 is 5.32 Å². The summed E-state index contributed by atoms with van der Waals surface area (Å²) < 4.78 is 0. The number of benzene rings is 1. The van der Waals surface area contributed by atoms with Gasteiger partial charge in [-0.25, -0.2) is 4.79 Å². The monoisotopic (exact) mass is 285 g/mol. The Morgan fingerprint density at radius 1 is 1.24 bits per heavy atom. The fraction of sp³-hybridized carbons (Fsp3) is 0.412. The summed E-state index contributed by atoms with van der Waals surface area (Å²) in [5.41, 5.74) is 1.67. The molecular formula is C17H23N3O. The summed E-state index contributed by atoms with van der Waals surface area (Å²) in [6.45, 7) is 2.97. The molecule has 1 N–H and O–H groups in total. The second-order valence-electron chi connectivity index (χ2n) is 5.32. The van der Waals surface area contributed by atoms with Gasteiger partial charge in [-0.15, -0.1) is 0 Å². The van der Waals surface area contributed by atoms with E-state index in [1.807, 2.05) is 37.4 Å². The third-order valence-electron chi connectivity index (χ3n) is 3.55. The number of hydrogen-bond donors (Lipinski definition) is 1. The van der Waals surface area contributed by atoms with E-state index in [2.05, 4.69) is 17.2 Å². The molecule has 2 rings (SSSR count). The number of unbranched alkanes of at least 4 members (excludes halogenated alkanes) is 3. The maximum Gasteiger partial charge on any atom is 0.321 e. The van der Waals surface area contributed by atoms with E-state index >= 15 is 0 Å². The van der Waals surface area contributed by atoms with Crippen LogP contribution in [0.25, 0.3) is 10.9 Å². The summed E-state index contributed by atoms with van der Waals surface area (Å²) in [7, 11) is 1.83.